The molecule has 4 nitrogen and oxygen atoms in total. The van der Waals surface area contributed by atoms with Gasteiger partial charge in [-0.1, -0.05) is 12.1 Å². The van der Waals surface area contributed by atoms with Gasteiger partial charge >= 0.3 is 0 Å². The lowest BCUT2D eigenvalue weighted by Crippen LogP contribution is -1.91. The van der Waals surface area contributed by atoms with Crippen LogP contribution in [0.25, 0.3) is 0 Å². The Morgan fingerprint density at radius 1 is 1.19 bits per heavy atom. The van der Waals surface area contributed by atoms with Crippen LogP contribution < -0.4 is 4.74 Å². The number of aromatic nitrogens is 2. The summed E-state index contributed by atoms with van der Waals surface area (Å²) in [6, 6.07) is 7.21. The van der Waals surface area contributed by atoms with Crippen LogP contribution in [-0.4, -0.2) is 15.1 Å². The van der Waals surface area contributed by atoms with Crippen LogP contribution in [0.4, 0.5) is 0 Å². The third kappa shape index (κ3) is 2.55. The maximum absolute atomic E-state index is 9.34. The molecule has 0 saturated carbocycles. The molecule has 0 unspecified atom stereocenters. The maximum atomic E-state index is 9.34. The minimum absolute atomic E-state index is 0.451. The van der Waals surface area contributed by atoms with Crippen molar-refractivity contribution in [2.75, 3.05) is 0 Å². The topological polar surface area (TPSA) is 55.2 Å². The predicted molar refractivity (Wildman–Crippen MR) is 59.2 cm³/mol. The van der Waals surface area contributed by atoms with E-state index in [9.17, 15) is 5.11 Å². The molecule has 1 aromatic carbocycles. The second-order valence-corrected chi connectivity index (χ2v) is 3.39. The second-order valence-electron chi connectivity index (χ2n) is 3.39. The Bertz CT molecular complexity index is 440. The van der Waals surface area contributed by atoms with Crippen LogP contribution in [0.5, 0.6) is 11.6 Å². The van der Waals surface area contributed by atoms with E-state index >= 15 is 0 Å². The van der Waals surface area contributed by atoms with E-state index in [1.165, 1.54) is 0 Å². The molecule has 1 atom stereocenters. The highest BCUT2D eigenvalue weighted by atomic mass is 16.5. The maximum Gasteiger partial charge on any atom is 0.237 e. The molecule has 16 heavy (non-hydrogen) atoms. The summed E-state index contributed by atoms with van der Waals surface area (Å²) in [4.78, 5) is 7.90. The first kappa shape index (κ1) is 10.6. The van der Waals surface area contributed by atoms with Crippen molar-refractivity contribution in [3.8, 4) is 11.6 Å². The van der Waals surface area contributed by atoms with Gasteiger partial charge in [0.25, 0.3) is 0 Å². The molecular formula is C12H12N2O2. The van der Waals surface area contributed by atoms with E-state index in [0.29, 0.717) is 11.6 Å². The summed E-state index contributed by atoms with van der Waals surface area (Å²) in [5, 5.41) is 9.34. The Hall–Kier alpha value is -1.94. The monoisotopic (exact) mass is 216 g/mol. The van der Waals surface area contributed by atoms with E-state index < -0.39 is 6.10 Å². The molecule has 0 aliphatic rings. The molecule has 0 saturated heterocycles. The molecule has 4 heteroatoms. The first-order chi connectivity index (χ1) is 7.75. The second kappa shape index (κ2) is 4.72. The van der Waals surface area contributed by atoms with Gasteiger partial charge in [-0.3, -0.25) is 4.98 Å². The van der Waals surface area contributed by atoms with Gasteiger partial charge < -0.3 is 9.84 Å². The summed E-state index contributed by atoms with van der Waals surface area (Å²) in [6.45, 7) is 1.72. The van der Waals surface area contributed by atoms with E-state index in [4.69, 9.17) is 4.74 Å². The first-order valence-electron chi connectivity index (χ1n) is 4.97. The summed E-state index contributed by atoms with van der Waals surface area (Å²) < 4.78 is 5.46. The smallest absolute Gasteiger partial charge is 0.237 e. The molecule has 0 aliphatic carbocycles. The standard InChI is InChI=1S/C12H12N2O2/c1-9(15)10-2-4-11(5-3-10)16-12-8-13-6-7-14-12/h2-9,15H,1H3/t9-/m1/s1. The van der Waals surface area contributed by atoms with Crippen molar-refractivity contribution in [1.82, 2.24) is 9.97 Å². The highest BCUT2D eigenvalue weighted by molar-refractivity contribution is 5.30. The molecule has 1 heterocycles. The fraction of sp³-hybridized carbons (Fsp3) is 0.167. The number of ether oxygens (including phenoxy) is 1. The lowest BCUT2D eigenvalue weighted by Gasteiger charge is -2.06. The van der Waals surface area contributed by atoms with E-state index in [1.807, 2.05) is 12.1 Å². The Kier molecular flexibility index (Phi) is 3.12. The molecule has 0 amide bonds. The summed E-state index contributed by atoms with van der Waals surface area (Å²) in [6.07, 6.45) is 4.23. The Morgan fingerprint density at radius 2 is 1.94 bits per heavy atom. The van der Waals surface area contributed by atoms with Crippen LogP contribution in [0.1, 0.15) is 18.6 Å². The van der Waals surface area contributed by atoms with Crippen molar-refractivity contribution < 1.29 is 9.84 Å². The predicted octanol–water partition coefficient (Wildman–Crippen LogP) is 2.32. The number of aliphatic hydroxyl groups is 1. The van der Waals surface area contributed by atoms with E-state index in [-0.39, 0.29) is 0 Å². The van der Waals surface area contributed by atoms with Crippen LogP contribution in [0.3, 0.4) is 0 Å². The van der Waals surface area contributed by atoms with Gasteiger partial charge in [0.05, 0.1) is 12.3 Å². The average molecular weight is 216 g/mol. The molecule has 0 bridgehead atoms. The Labute approximate surface area is 93.6 Å². The van der Waals surface area contributed by atoms with Gasteiger partial charge in [0.15, 0.2) is 0 Å². The minimum Gasteiger partial charge on any atom is -0.438 e. The Balaban J connectivity index is 2.11. The third-order valence-electron chi connectivity index (χ3n) is 2.12. The fourth-order valence-electron chi connectivity index (χ4n) is 1.27. The third-order valence-corrected chi connectivity index (χ3v) is 2.12. The molecule has 2 aromatic rings. The fourth-order valence-corrected chi connectivity index (χ4v) is 1.27. The zero-order chi connectivity index (χ0) is 11.4. The zero-order valence-electron chi connectivity index (χ0n) is 8.87. The van der Waals surface area contributed by atoms with Crippen molar-refractivity contribution in [3.05, 3.63) is 48.4 Å². The van der Waals surface area contributed by atoms with Crippen LogP contribution >= 0.6 is 0 Å². The van der Waals surface area contributed by atoms with Crippen LogP contribution in [0.2, 0.25) is 0 Å². The van der Waals surface area contributed by atoms with Gasteiger partial charge in [0, 0.05) is 12.4 Å². The van der Waals surface area contributed by atoms with Crippen molar-refractivity contribution in [1.29, 1.82) is 0 Å². The van der Waals surface area contributed by atoms with Gasteiger partial charge in [-0.2, -0.15) is 0 Å². The first-order valence-corrected chi connectivity index (χ1v) is 4.97. The highest BCUT2D eigenvalue weighted by Crippen LogP contribution is 2.21. The largest absolute Gasteiger partial charge is 0.438 e. The van der Waals surface area contributed by atoms with Crippen LogP contribution in [0.15, 0.2) is 42.9 Å². The van der Waals surface area contributed by atoms with Gasteiger partial charge in [-0.15, -0.1) is 0 Å². The molecule has 0 radical (unpaired) electrons. The van der Waals surface area contributed by atoms with E-state index in [2.05, 4.69) is 9.97 Å². The summed E-state index contributed by atoms with van der Waals surface area (Å²) in [7, 11) is 0. The quantitative estimate of drug-likeness (QED) is 0.855. The number of benzene rings is 1. The normalized spacial score (nSPS) is 12.1. The number of nitrogens with zero attached hydrogens (tertiary/aromatic N) is 2. The lowest BCUT2D eigenvalue weighted by atomic mass is 10.1. The molecule has 1 aromatic heterocycles. The van der Waals surface area contributed by atoms with Crippen molar-refractivity contribution in [3.63, 3.8) is 0 Å². The van der Waals surface area contributed by atoms with Gasteiger partial charge in [-0.05, 0) is 24.6 Å². The molecular weight excluding hydrogens is 204 g/mol. The van der Waals surface area contributed by atoms with Crippen molar-refractivity contribution in [2.45, 2.75) is 13.0 Å². The molecule has 2 rings (SSSR count). The molecule has 82 valence electrons. The van der Waals surface area contributed by atoms with Gasteiger partial charge in [0.1, 0.15) is 5.75 Å². The number of rotatable bonds is 3. The summed E-state index contributed by atoms with van der Waals surface area (Å²) >= 11 is 0. The lowest BCUT2D eigenvalue weighted by molar-refractivity contribution is 0.199. The van der Waals surface area contributed by atoms with Gasteiger partial charge in [0.2, 0.25) is 5.88 Å². The van der Waals surface area contributed by atoms with Gasteiger partial charge in [-0.25, -0.2) is 4.98 Å². The van der Waals surface area contributed by atoms with E-state index in [1.54, 1.807) is 37.6 Å². The minimum atomic E-state index is -0.467. The SMILES string of the molecule is C[C@@H](O)c1ccc(Oc2cnccn2)cc1. The Morgan fingerprint density at radius 3 is 2.50 bits per heavy atom. The number of aliphatic hydroxyl groups excluding tert-OH is 1. The average Bonchev–Trinajstić information content (AvgIpc) is 2.31. The van der Waals surface area contributed by atoms with Crippen LogP contribution in [0, 0.1) is 0 Å². The molecule has 0 fully saturated rings. The number of hydrogen-bond acceptors (Lipinski definition) is 4. The number of hydrogen-bond donors (Lipinski definition) is 1. The summed E-state index contributed by atoms with van der Waals surface area (Å²) in [5.41, 5.74) is 0.853. The van der Waals surface area contributed by atoms with Crippen molar-refractivity contribution >= 4 is 0 Å². The molecule has 0 aliphatic heterocycles. The highest BCUT2D eigenvalue weighted by Gasteiger charge is 2.01. The van der Waals surface area contributed by atoms with Crippen molar-refractivity contribution in [2.24, 2.45) is 0 Å². The molecule has 1 N–H and O–H groups in total. The zero-order valence-corrected chi connectivity index (χ0v) is 8.87. The summed E-state index contributed by atoms with van der Waals surface area (Å²) in [5.74, 6) is 1.12. The van der Waals surface area contributed by atoms with Crippen LogP contribution in [-0.2, 0) is 0 Å². The van der Waals surface area contributed by atoms with E-state index in [0.717, 1.165) is 5.56 Å². The molecule has 0 spiro atoms.